The second-order valence-electron chi connectivity index (χ2n) is 7.80. The van der Waals surface area contributed by atoms with Crippen LogP contribution in [-0.4, -0.2) is 45.3 Å². The first-order chi connectivity index (χ1) is 14.3. The monoisotopic (exact) mass is 387 g/mol. The van der Waals surface area contributed by atoms with Crippen molar-refractivity contribution in [3.63, 3.8) is 0 Å². The number of para-hydroxylation sites is 4. The zero-order chi connectivity index (χ0) is 19.6. The number of piperidine rings is 1. The third-order valence-corrected chi connectivity index (χ3v) is 5.91. The number of nitrogens with zero attached hydrogens (tertiary/aromatic N) is 5. The number of imidazole rings is 2. The molecule has 0 unspecified atom stereocenters. The van der Waals surface area contributed by atoms with Gasteiger partial charge in [-0.2, -0.15) is 0 Å². The van der Waals surface area contributed by atoms with Gasteiger partial charge in [-0.25, -0.2) is 19.5 Å². The first-order valence-electron chi connectivity index (χ1n) is 10.5. The fourth-order valence-corrected chi connectivity index (χ4v) is 4.27. The van der Waals surface area contributed by atoms with Crippen molar-refractivity contribution >= 4 is 34.2 Å². The molecule has 4 aromatic rings. The summed E-state index contributed by atoms with van der Waals surface area (Å²) in [7, 11) is 2.06. The van der Waals surface area contributed by atoms with Crippen molar-refractivity contribution in [2.45, 2.75) is 25.8 Å². The van der Waals surface area contributed by atoms with Crippen molar-refractivity contribution in [3.8, 4) is 0 Å². The van der Waals surface area contributed by atoms with Crippen LogP contribution in [0.25, 0.3) is 22.1 Å². The third-order valence-electron chi connectivity index (χ3n) is 5.91. The number of rotatable bonds is 5. The van der Waals surface area contributed by atoms with Crippen molar-refractivity contribution < 1.29 is 4.57 Å². The highest BCUT2D eigenvalue weighted by Gasteiger charge is 2.15. The lowest BCUT2D eigenvalue weighted by Gasteiger charge is -2.26. The molecule has 6 nitrogen and oxygen atoms in total. The van der Waals surface area contributed by atoms with E-state index in [-0.39, 0.29) is 0 Å². The van der Waals surface area contributed by atoms with Gasteiger partial charge in [0.15, 0.2) is 11.0 Å². The maximum Gasteiger partial charge on any atom is 0.298 e. The van der Waals surface area contributed by atoms with Crippen LogP contribution in [0.4, 0.5) is 5.95 Å². The molecule has 5 rings (SSSR count). The van der Waals surface area contributed by atoms with Gasteiger partial charge in [-0.05, 0) is 50.2 Å². The van der Waals surface area contributed by atoms with Crippen LogP contribution in [0.5, 0.6) is 0 Å². The number of hydrogen-bond donors (Lipinski definition) is 1. The Hall–Kier alpha value is -2.99. The fourth-order valence-electron chi connectivity index (χ4n) is 4.27. The number of hydrogen-bond acceptors (Lipinski definition) is 3. The minimum Gasteiger partial charge on any atom is -0.307 e. The van der Waals surface area contributed by atoms with Crippen molar-refractivity contribution in [2.24, 2.45) is 12.0 Å². The molecule has 1 fully saturated rings. The van der Waals surface area contributed by atoms with E-state index in [1.165, 1.54) is 32.4 Å². The number of aromatic amines is 1. The highest BCUT2D eigenvalue weighted by Crippen LogP contribution is 2.22. The first-order valence-corrected chi connectivity index (χ1v) is 10.5. The number of aromatic nitrogens is 4. The van der Waals surface area contributed by atoms with Crippen LogP contribution >= 0.6 is 0 Å². The maximum absolute atomic E-state index is 4.80. The van der Waals surface area contributed by atoms with Gasteiger partial charge in [-0.15, -0.1) is 0 Å². The summed E-state index contributed by atoms with van der Waals surface area (Å²) < 4.78 is 4.38. The number of benzene rings is 2. The van der Waals surface area contributed by atoms with Gasteiger partial charge in [0.25, 0.3) is 5.82 Å². The lowest BCUT2D eigenvalue weighted by atomic mass is 10.1. The molecular weight excluding hydrogens is 360 g/mol. The molecule has 0 saturated carbocycles. The zero-order valence-electron chi connectivity index (χ0n) is 16.9. The lowest BCUT2D eigenvalue weighted by Crippen LogP contribution is -2.32. The summed E-state index contributed by atoms with van der Waals surface area (Å²) in [5, 5.41) is 0. The zero-order valence-corrected chi connectivity index (χ0v) is 16.9. The van der Waals surface area contributed by atoms with Crippen LogP contribution in [0, 0.1) is 0 Å². The Bertz CT molecular complexity index is 1160. The van der Waals surface area contributed by atoms with Crippen LogP contribution in [0.2, 0.25) is 0 Å². The van der Waals surface area contributed by atoms with Gasteiger partial charge in [0, 0.05) is 13.1 Å². The lowest BCUT2D eigenvalue weighted by molar-refractivity contribution is -0.645. The van der Waals surface area contributed by atoms with Crippen LogP contribution in [-0.2, 0) is 13.6 Å². The summed E-state index contributed by atoms with van der Waals surface area (Å²) in [6.45, 7) is 4.36. The number of aliphatic imine (C=N–C) groups is 1. The molecule has 2 aromatic carbocycles. The van der Waals surface area contributed by atoms with Gasteiger partial charge in [0.05, 0.1) is 18.1 Å². The van der Waals surface area contributed by atoms with Gasteiger partial charge in [-0.1, -0.05) is 30.7 Å². The van der Waals surface area contributed by atoms with Crippen LogP contribution in [0.3, 0.4) is 0 Å². The second-order valence-corrected chi connectivity index (χ2v) is 7.80. The van der Waals surface area contributed by atoms with E-state index < -0.39 is 0 Å². The average Bonchev–Trinajstić information content (AvgIpc) is 3.29. The second kappa shape index (κ2) is 7.79. The fraction of sp³-hybridized carbons (Fsp3) is 0.348. The van der Waals surface area contributed by atoms with E-state index >= 15 is 0 Å². The van der Waals surface area contributed by atoms with Crippen LogP contribution in [0.1, 0.15) is 25.1 Å². The number of H-pyrrole nitrogens is 1. The van der Waals surface area contributed by atoms with Gasteiger partial charge < -0.3 is 9.47 Å². The molecule has 0 atom stereocenters. The molecule has 1 N–H and O–H groups in total. The summed E-state index contributed by atoms with van der Waals surface area (Å²) in [6.07, 6.45) is 5.87. The van der Waals surface area contributed by atoms with E-state index in [2.05, 4.69) is 62.5 Å². The first kappa shape index (κ1) is 18.1. The quantitative estimate of drug-likeness (QED) is 0.420. The van der Waals surface area contributed by atoms with Crippen LogP contribution < -0.4 is 4.57 Å². The van der Waals surface area contributed by atoms with Gasteiger partial charge in [-0.3, -0.25) is 0 Å². The molecular formula is C23H27N6+. The summed E-state index contributed by atoms with van der Waals surface area (Å²) in [6, 6.07) is 16.6. The molecule has 0 radical (unpaired) electrons. The van der Waals surface area contributed by atoms with E-state index in [1.807, 2.05) is 18.3 Å². The van der Waals surface area contributed by atoms with E-state index in [4.69, 9.17) is 9.98 Å². The molecule has 2 aromatic heterocycles. The number of aryl methyl sites for hydroxylation is 1. The topological polar surface area (TPSA) is 53.1 Å². The Kier molecular flexibility index (Phi) is 4.86. The maximum atomic E-state index is 4.80. The van der Waals surface area contributed by atoms with Crippen molar-refractivity contribution in [3.05, 3.63) is 54.4 Å². The number of nitrogens with one attached hydrogen (secondary N) is 1. The Morgan fingerprint density at radius 3 is 2.69 bits per heavy atom. The SMILES string of the molecule is C[n+]1c(/C=N/c2nc3ccccc3n2CCN2CCCCC2)[nH]c2ccccc21. The van der Waals surface area contributed by atoms with Gasteiger partial charge in [0.1, 0.15) is 6.21 Å². The molecule has 3 heterocycles. The Morgan fingerprint density at radius 1 is 1.03 bits per heavy atom. The van der Waals surface area contributed by atoms with Crippen molar-refractivity contribution in [1.82, 2.24) is 19.4 Å². The Labute approximate surface area is 170 Å². The van der Waals surface area contributed by atoms with Crippen LogP contribution in [0.15, 0.2) is 53.5 Å². The Balaban J connectivity index is 1.46. The van der Waals surface area contributed by atoms with Crippen molar-refractivity contribution in [1.29, 1.82) is 0 Å². The predicted octanol–water partition coefficient (Wildman–Crippen LogP) is 3.58. The standard InChI is InChI=1S/C23H26N6/c1-27-20-11-5-3-9-18(20)25-22(27)17-24-23-26-19-10-4-6-12-21(19)29(23)16-15-28-13-7-2-8-14-28/h3-6,9-12,17H,2,7-8,13-16H2,1H3/p+1/b24-17+. The van der Waals surface area contributed by atoms with Gasteiger partial charge >= 0.3 is 0 Å². The molecule has 29 heavy (non-hydrogen) atoms. The smallest absolute Gasteiger partial charge is 0.298 e. The molecule has 1 saturated heterocycles. The molecule has 1 aliphatic heterocycles. The molecule has 0 spiro atoms. The summed E-state index contributed by atoms with van der Waals surface area (Å²) >= 11 is 0. The normalized spacial score (nSPS) is 15.8. The number of likely N-dealkylation sites (tertiary alicyclic amines) is 1. The Morgan fingerprint density at radius 2 is 1.83 bits per heavy atom. The molecule has 0 amide bonds. The molecule has 1 aliphatic rings. The molecule has 0 bridgehead atoms. The summed E-state index contributed by atoms with van der Waals surface area (Å²) in [4.78, 5) is 15.6. The predicted molar refractivity (Wildman–Crippen MR) is 117 cm³/mol. The minimum absolute atomic E-state index is 0.766. The van der Waals surface area contributed by atoms with Crippen molar-refractivity contribution in [2.75, 3.05) is 19.6 Å². The molecule has 148 valence electrons. The van der Waals surface area contributed by atoms with E-state index in [9.17, 15) is 0 Å². The average molecular weight is 388 g/mol. The largest absolute Gasteiger partial charge is 0.307 e. The van der Waals surface area contributed by atoms with E-state index in [0.717, 1.165) is 46.9 Å². The highest BCUT2D eigenvalue weighted by molar-refractivity contribution is 5.83. The minimum atomic E-state index is 0.766. The number of fused-ring (bicyclic) bond motifs is 2. The highest BCUT2D eigenvalue weighted by atomic mass is 15.2. The van der Waals surface area contributed by atoms with E-state index in [1.54, 1.807) is 0 Å². The summed E-state index contributed by atoms with van der Waals surface area (Å²) in [5.41, 5.74) is 4.42. The van der Waals surface area contributed by atoms with E-state index in [0.29, 0.717) is 0 Å². The molecule has 6 heteroatoms. The molecule has 0 aliphatic carbocycles. The third kappa shape index (κ3) is 3.56. The van der Waals surface area contributed by atoms with Gasteiger partial charge in [0.2, 0.25) is 5.95 Å². The summed E-state index contributed by atoms with van der Waals surface area (Å²) in [5.74, 6) is 1.72.